The Hall–Kier alpha value is -1.31. The van der Waals surface area contributed by atoms with Crippen LogP contribution >= 0.6 is 0 Å². The van der Waals surface area contributed by atoms with Crippen LogP contribution in [0.2, 0.25) is 0 Å². The van der Waals surface area contributed by atoms with Crippen LogP contribution in [0.15, 0.2) is 24.3 Å². The van der Waals surface area contributed by atoms with Crippen molar-refractivity contribution in [2.45, 2.75) is 46.0 Å². The Morgan fingerprint density at radius 3 is 2.41 bits per heavy atom. The summed E-state index contributed by atoms with van der Waals surface area (Å²) >= 11 is 0. The van der Waals surface area contributed by atoms with Gasteiger partial charge in [-0.25, -0.2) is 0 Å². The number of nitrogens with two attached hydrogens (primary N) is 1. The highest BCUT2D eigenvalue weighted by Crippen LogP contribution is 2.19. The van der Waals surface area contributed by atoms with Gasteiger partial charge in [-0.1, -0.05) is 39.5 Å². The van der Waals surface area contributed by atoms with E-state index in [0.29, 0.717) is 18.0 Å². The highest BCUT2D eigenvalue weighted by atomic mass is 16.1. The first-order chi connectivity index (χ1) is 8.17. The monoisotopic (exact) mass is 233 g/mol. The van der Waals surface area contributed by atoms with E-state index in [0.717, 1.165) is 18.4 Å². The van der Waals surface area contributed by atoms with Crippen LogP contribution in [0.5, 0.6) is 0 Å². The third-order valence-corrected chi connectivity index (χ3v) is 3.25. The summed E-state index contributed by atoms with van der Waals surface area (Å²) in [6, 6.07) is 7.23. The number of nitrogen functional groups attached to an aromatic ring is 1. The van der Waals surface area contributed by atoms with Gasteiger partial charge in [-0.3, -0.25) is 4.79 Å². The van der Waals surface area contributed by atoms with Gasteiger partial charge in [0.05, 0.1) is 0 Å². The molecule has 0 saturated carbocycles. The number of hydrogen-bond acceptors (Lipinski definition) is 2. The van der Waals surface area contributed by atoms with Gasteiger partial charge in [-0.15, -0.1) is 0 Å². The molecule has 2 heteroatoms. The van der Waals surface area contributed by atoms with E-state index in [1.54, 1.807) is 12.1 Å². The lowest BCUT2D eigenvalue weighted by Crippen LogP contribution is -2.08. The van der Waals surface area contributed by atoms with E-state index in [2.05, 4.69) is 13.8 Å². The molecule has 0 saturated heterocycles. The molecular formula is C15H23NO. The largest absolute Gasteiger partial charge is 0.399 e. The molecule has 17 heavy (non-hydrogen) atoms. The van der Waals surface area contributed by atoms with E-state index in [4.69, 9.17) is 5.73 Å². The minimum absolute atomic E-state index is 0.243. The molecule has 0 amide bonds. The molecule has 0 fully saturated rings. The topological polar surface area (TPSA) is 43.1 Å². The fourth-order valence-electron chi connectivity index (χ4n) is 1.99. The van der Waals surface area contributed by atoms with E-state index < -0.39 is 0 Å². The first kappa shape index (κ1) is 13.8. The van der Waals surface area contributed by atoms with E-state index in [1.165, 1.54) is 12.8 Å². The molecule has 1 aromatic carbocycles. The predicted octanol–water partition coefficient (Wildman–Crippen LogP) is 4.06. The molecular weight excluding hydrogens is 210 g/mol. The molecule has 0 radical (unpaired) electrons. The summed E-state index contributed by atoms with van der Waals surface area (Å²) in [5.41, 5.74) is 7.10. The molecule has 2 nitrogen and oxygen atoms in total. The second-order valence-corrected chi connectivity index (χ2v) is 4.67. The van der Waals surface area contributed by atoms with Gasteiger partial charge < -0.3 is 5.73 Å². The Morgan fingerprint density at radius 2 is 1.88 bits per heavy atom. The predicted molar refractivity (Wildman–Crippen MR) is 73.1 cm³/mol. The summed E-state index contributed by atoms with van der Waals surface area (Å²) in [6.07, 6.45) is 5.33. The number of anilines is 1. The molecule has 0 aliphatic carbocycles. The zero-order valence-electron chi connectivity index (χ0n) is 10.9. The van der Waals surface area contributed by atoms with E-state index in [1.807, 2.05) is 12.1 Å². The summed E-state index contributed by atoms with van der Waals surface area (Å²) in [5.74, 6) is 0.771. The number of unbranched alkanes of at least 4 members (excludes halogenated alkanes) is 1. The van der Waals surface area contributed by atoms with Crippen LogP contribution in [-0.2, 0) is 0 Å². The Labute approximate surface area is 104 Å². The van der Waals surface area contributed by atoms with Crippen LogP contribution in [0.25, 0.3) is 0 Å². The summed E-state index contributed by atoms with van der Waals surface area (Å²) in [4.78, 5) is 12.0. The van der Waals surface area contributed by atoms with Gasteiger partial charge in [-0.05, 0) is 30.2 Å². The van der Waals surface area contributed by atoms with Crippen molar-refractivity contribution in [2.24, 2.45) is 5.92 Å². The van der Waals surface area contributed by atoms with Crippen LogP contribution in [-0.4, -0.2) is 5.78 Å². The van der Waals surface area contributed by atoms with Gasteiger partial charge in [0.25, 0.3) is 0 Å². The van der Waals surface area contributed by atoms with Crippen LogP contribution in [0.3, 0.4) is 0 Å². The van der Waals surface area contributed by atoms with Crippen molar-refractivity contribution in [3.63, 3.8) is 0 Å². The van der Waals surface area contributed by atoms with Crippen molar-refractivity contribution in [1.29, 1.82) is 0 Å². The Balaban J connectivity index is 2.54. The van der Waals surface area contributed by atoms with Crippen molar-refractivity contribution in [3.8, 4) is 0 Å². The van der Waals surface area contributed by atoms with Crippen LogP contribution in [0.4, 0.5) is 5.69 Å². The molecule has 0 spiro atoms. The number of ketones is 1. The maximum atomic E-state index is 12.0. The molecule has 0 heterocycles. The third kappa shape index (κ3) is 4.59. The Morgan fingerprint density at radius 1 is 1.24 bits per heavy atom. The first-order valence-electron chi connectivity index (χ1n) is 6.56. The van der Waals surface area contributed by atoms with Crippen molar-refractivity contribution in [1.82, 2.24) is 0 Å². The highest BCUT2D eigenvalue weighted by Gasteiger charge is 2.13. The van der Waals surface area contributed by atoms with E-state index in [-0.39, 0.29) is 5.78 Å². The number of rotatable bonds is 7. The molecule has 0 aliphatic heterocycles. The Kier molecular flexibility index (Phi) is 5.75. The van der Waals surface area contributed by atoms with Gasteiger partial charge in [0.15, 0.2) is 5.78 Å². The average Bonchev–Trinajstić information content (AvgIpc) is 2.35. The molecule has 1 aromatic rings. The number of carbonyl (C=O) groups excluding carboxylic acids is 1. The molecule has 1 rings (SSSR count). The summed E-state index contributed by atoms with van der Waals surface area (Å²) in [7, 11) is 0. The number of benzene rings is 1. The van der Waals surface area contributed by atoms with Gasteiger partial charge in [0, 0.05) is 17.7 Å². The number of hydrogen-bond donors (Lipinski definition) is 1. The Bertz CT molecular complexity index is 342. The molecule has 94 valence electrons. The van der Waals surface area contributed by atoms with Crippen molar-refractivity contribution in [3.05, 3.63) is 29.8 Å². The third-order valence-electron chi connectivity index (χ3n) is 3.25. The highest BCUT2D eigenvalue weighted by molar-refractivity contribution is 5.96. The minimum atomic E-state index is 0.243. The van der Waals surface area contributed by atoms with Gasteiger partial charge in [0.2, 0.25) is 0 Å². The minimum Gasteiger partial charge on any atom is -0.399 e. The zero-order valence-corrected chi connectivity index (χ0v) is 10.9. The molecule has 1 unspecified atom stereocenters. The number of Topliss-reactive ketones (excluding diaryl/α,β-unsaturated/α-hetero) is 1. The fourth-order valence-corrected chi connectivity index (χ4v) is 1.99. The molecule has 0 bridgehead atoms. The number of carbonyl (C=O) groups is 1. The molecule has 1 atom stereocenters. The molecule has 0 aromatic heterocycles. The van der Waals surface area contributed by atoms with E-state index in [9.17, 15) is 4.79 Å². The van der Waals surface area contributed by atoms with Gasteiger partial charge in [-0.2, -0.15) is 0 Å². The van der Waals surface area contributed by atoms with Gasteiger partial charge in [0.1, 0.15) is 0 Å². The van der Waals surface area contributed by atoms with Crippen LogP contribution in [0.1, 0.15) is 56.3 Å². The van der Waals surface area contributed by atoms with Gasteiger partial charge >= 0.3 is 0 Å². The average molecular weight is 233 g/mol. The SMILES string of the molecule is CCCCC(CC)CC(=O)c1ccc(N)cc1. The summed E-state index contributed by atoms with van der Waals surface area (Å²) in [6.45, 7) is 4.35. The lowest BCUT2D eigenvalue weighted by atomic mass is 9.91. The second kappa shape index (κ2) is 7.10. The van der Waals surface area contributed by atoms with Crippen LogP contribution < -0.4 is 5.73 Å². The second-order valence-electron chi connectivity index (χ2n) is 4.67. The zero-order chi connectivity index (χ0) is 12.7. The molecule has 0 aliphatic rings. The van der Waals surface area contributed by atoms with E-state index >= 15 is 0 Å². The quantitative estimate of drug-likeness (QED) is 0.570. The standard InChI is InChI=1S/C15H23NO/c1-3-5-6-12(4-2)11-15(17)13-7-9-14(16)10-8-13/h7-10,12H,3-6,11,16H2,1-2H3. The maximum absolute atomic E-state index is 12.0. The normalized spacial score (nSPS) is 12.4. The summed E-state index contributed by atoms with van der Waals surface area (Å²) < 4.78 is 0. The maximum Gasteiger partial charge on any atom is 0.163 e. The first-order valence-corrected chi connectivity index (χ1v) is 6.56. The summed E-state index contributed by atoms with van der Waals surface area (Å²) in [5, 5.41) is 0. The van der Waals surface area contributed by atoms with Crippen molar-refractivity contribution in [2.75, 3.05) is 5.73 Å². The van der Waals surface area contributed by atoms with Crippen molar-refractivity contribution >= 4 is 11.5 Å². The lowest BCUT2D eigenvalue weighted by molar-refractivity contribution is 0.0957. The molecule has 2 N–H and O–H groups in total. The lowest BCUT2D eigenvalue weighted by Gasteiger charge is -2.13. The smallest absolute Gasteiger partial charge is 0.163 e. The van der Waals surface area contributed by atoms with Crippen LogP contribution in [0, 0.1) is 5.92 Å². The fraction of sp³-hybridized carbons (Fsp3) is 0.533. The van der Waals surface area contributed by atoms with Crippen molar-refractivity contribution < 1.29 is 4.79 Å².